The fraction of sp³-hybridized carbons (Fsp3) is 0.154. The van der Waals surface area contributed by atoms with Crippen molar-refractivity contribution < 1.29 is 9.13 Å². The molecule has 1 atom stereocenters. The molecule has 0 radical (unpaired) electrons. The number of ether oxygens (including phenoxy) is 1. The molecule has 0 fully saturated rings. The van der Waals surface area contributed by atoms with Gasteiger partial charge in [0.15, 0.2) is 0 Å². The molecule has 0 spiro atoms. The van der Waals surface area contributed by atoms with Crippen molar-refractivity contribution in [2.45, 2.75) is 6.04 Å². The van der Waals surface area contributed by atoms with E-state index in [1.807, 2.05) is 0 Å². The number of hydrogen-bond acceptors (Lipinski definition) is 3. The fourth-order valence-electron chi connectivity index (χ4n) is 1.62. The molecular weight excluding hydrogens is 219 g/mol. The molecule has 0 saturated heterocycles. The zero-order valence-electron chi connectivity index (χ0n) is 9.43. The summed E-state index contributed by atoms with van der Waals surface area (Å²) in [6.07, 6.45) is 3.19. The van der Waals surface area contributed by atoms with Crippen LogP contribution >= 0.6 is 0 Å². The average Bonchev–Trinajstić information content (AvgIpc) is 2.38. The first-order chi connectivity index (χ1) is 8.22. The molecule has 0 aliphatic carbocycles. The van der Waals surface area contributed by atoms with Gasteiger partial charge in [-0.05, 0) is 17.7 Å². The Morgan fingerprint density at radius 2 is 2.06 bits per heavy atom. The summed E-state index contributed by atoms with van der Waals surface area (Å²) in [7, 11) is 1.55. The van der Waals surface area contributed by atoms with Crippen molar-refractivity contribution in [1.82, 2.24) is 4.98 Å². The highest BCUT2D eigenvalue weighted by Gasteiger charge is 2.13. The number of nitrogens with two attached hydrogens (primary N) is 1. The van der Waals surface area contributed by atoms with Gasteiger partial charge in [-0.15, -0.1) is 0 Å². The Balaban J connectivity index is 2.37. The summed E-state index contributed by atoms with van der Waals surface area (Å²) in [6.45, 7) is 0. The van der Waals surface area contributed by atoms with Gasteiger partial charge in [0.25, 0.3) is 0 Å². The molecule has 1 unspecified atom stereocenters. The summed E-state index contributed by atoms with van der Waals surface area (Å²) in [5.41, 5.74) is 7.17. The molecule has 88 valence electrons. The van der Waals surface area contributed by atoms with E-state index in [1.165, 1.54) is 6.07 Å². The molecule has 0 bridgehead atoms. The zero-order valence-corrected chi connectivity index (χ0v) is 9.43. The molecule has 3 nitrogen and oxygen atoms in total. The maximum atomic E-state index is 13.6. The third kappa shape index (κ3) is 2.42. The second-order valence-corrected chi connectivity index (χ2v) is 3.66. The van der Waals surface area contributed by atoms with Crippen molar-refractivity contribution in [2.75, 3.05) is 7.11 Å². The van der Waals surface area contributed by atoms with Crippen molar-refractivity contribution in [1.29, 1.82) is 0 Å². The second-order valence-electron chi connectivity index (χ2n) is 3.66. The monoisotopic (exact) mass is 232 g/mol. The van der Waals surface area contributed by atoms with E-state index in [1.54, 1.807) is 43.8 Å². The summed E-state index contributed by atoms with van der Waals surface area (Å²) >= 11 is 0. The van der Waals surface area contributed by atoms with E-state index in [0.29, 0.717) is 11.3 Å². The smallest absolute Gasteiger partial charge is 0.137 e. The molecule has 1 aromatic heterocycles. The van der Waals surface area contributed by atoms with Crippen molar-refractivity contribution in [2.24, 2.45) is 5.73 Å². The molecule has 2 aromatic rings. The zero-order chi connectivity index (χ0) is 12.3. The lowest BCUT2D eigenvalue weighted by atomic mass is 10.0. The topological polar surface area (TPSA) is 48.1 Å². The highest BCUT2D eigenvalue weighted by atomic mass is 19.1. The van der Waals surface area contributed by atoms with E-state index in [9.17, 15) is 4.39 Å². The molecule has 0 aliphatic heterocycles. The first-order valence-corrected chi connectivity index (χ1v) is 5.21. The van der Waals surface area contributed by atoms with Gasteiger partial charge < -0.3 is 10.5 Å². The minimum atomic E-state index is -0.543. The second kappa shape index (κ2) is 4.93. The van der Waals surface area contributed by atoms with Crippen LogP contribution in [0, 0.1) is 5.82 Å². The van der Waals surface area contributed by atoms with Crippen molar-refractivity contribution >= 4 is 0 Å². The summed E-state index contributed by atoms with van der Waals surface area (Å²) < 4.78 is 18.6. The van der Waals surface area contributed by atoms with Gasteiger partial charge in [-0.25, -0.2) is 4.39 Å². The van der Waals surface area contributed by atoms with E-state index in [0.717, 1.165) is 5.56 Å². The Kier molecular flexibility index (Phi) is 3.35. The first-order valence-electron chi connectivity index (χ1n) is 5.21. The number of methoxy groups -OCH3 is 1. The highest BCUT2D eigenvalue weighted by Crippen LogP contribution is 2.23. The molecule has 0 aliphatic rings. The van der Waals surface area contributed by atoms with Gasteiger partial charge in [0, 0.05) is 11.8 Å². The van der Waals surface area contributed by atoms with E-state index < -0.39 is 6.04 Å². The standard InChI is InChI=1S/C13H13FN2O/c1-17-10-6-9(7-16-8-10)13(15)11-4-2-3-5-12(11)14/h2-8,13H,15H2,1H3. The number of halogens is 1. The van der Waals surface area contributed by atoms with Crippen LogP contribution in [0.3, 0.4) is 0 Å². The summed E-state index contributed by atoms with van der Waals surface area (Å²) in [6, 6.07) is 7.66. The number of pyridine rings is 1. The van der Waals surface area contributed by atoms with E-state index in [4.69, 9.17) is 10.5 Å². The van der Waals surface area contributed by atoms with E-state index in [2.05, 4.69) is 4.98 Å². The number of benzene rings is 1. The molecular formula is C13H13FN2O. The van der Waals surface area contributed by atoms with Crippen LogP contribution < -0.4 is 10.5 Å². The quantitative estimate of drug-likeness (QED) is 0.883. The van der Waals surface area contributed by atoms with Gasteiger partial charge in [-0.3, -0.25) is 4.98 Å². The minimum absolute atomic E-state index is 0.317. The Morgan fingerprint density at radius 3 is 2.76 bits per heavy atom. The molecule has 17 heavy (non-hydrogen) atoms. The van der Waals surface area contributed by atoms with Crippen LogP contribution in [0.15, 0.2) is 42.7 Å². The largest absolute Gasteiger partial charge is 0.495 e. The lowest BCUT2D eigenvalue weighted by Crippen LogP contribution is -2.13. The predicted molar refractivity (Wildman–Crippen MR) is 63.2 cm³/mol. The van der Waals surface area contributed by atoms with Crippen LogP contribution in [-0.2, 0) is 0 Å². The molecule has 4 heteroatoms. The SMILES string of the molecule is COc1cncc(C(N)c2ccccc2F)c1. The molecule has 2 rings (SSSR count). The van der Waals surface area contributed by atoms with Crippen LogP contribution in [-0.4, -0.2) is 12.1 Å². The van der Waals surface area contributed by atoms with E-state index >= 15 is 0 Å². The Hall–Kier alpha value is -1.94. The van der Waals surface area contributed by atoms with E-state index in [-0.39, 0.29) is 5.82 Å². The van der Waals surface area contributed by atoms with Gasteiger partial charge in [0.1, 0.15) is 11.6 Å². The van der Waals surface area contributed by atoms with Crippen LogP contribution in [0.4, 0.5) is 4.39 Å². The Bertz CT molecular complexity index is 516. The Labute approximate surface area is 99.1 Å². The van der Waals surface area contributed by atoms with Crippen molar-refractivity contribution in [3.63, 3.8) is 0 Å². The maximum Gasteiger partial charge on any atom is 0.137 e. The number of nitrogens with zero attached hydrogens (tertiary/aromatic N) is 1. The van der Waals surface area contributed by atoms with Crippen LogP contribution in [0.1, 0.15) is 17.2 Å². The maximum absolute atomic E-state index is 13.6. The van der Waals surface area contributed by atoms with Crippen LogP contribution in [0.5, 0.6) is 5.75 Å². The predicted octanol–water partition coefficient (Wildman–Crippen LogP) is 2.28. The van der Waals surface area contributed by atoms with Crippen molar-refractivity contribution in [3.05, 3.63) is 59.7 Å². The Morgan fingerprint density at radius 1 is 1.29 bits per heavy atom. The number of aromatic nitrogens is 1. The molecule has 1 heterocycles. The summed E-state index contributed by atoms with van der Waals surface area (Å²) in [5.74, 6) is 0.289. The normalized spacial score (nSPS) is 12.2. The third-order valence-corrected chi connectivity index (χ3v) is 2.57. The third-order valence-electron chi connectivity index (χ3n) is 2.57. The van der Waals surface area contributed by atoms with Gasteiger partial charge in [-0.2, -0.15) is 0 Å². The van der Waals surface area contributed by atoms with Crippen LogP contribution in [0.25, 0.3) is 0 Å². The van der Waals surface area contributed by atoms with Gasteiger partial charge in [0.2, 0.25) is 0 Å². The van der Waals surface area contributed by atoms with Gasteiger partial charge >= 0.3 is 0 Å². The minimum Gasteiger partial charge on any atom is -0.495 e. The lowest BCUT2D eigenvalue weighted by molar-refractivity contribution is 0.412. The first kappa shape index (κ1) is 11.5. The molecule has 0 amide bonds. The lowest BCUT2D eigenvalue weighted by Gasteiger charge is -2.13. The molecule has 0 saturated carbocycles. The highest BCUT2D eigenvalue weighted by molar-refractivity contribution is 5.34. The molecule has 2 N–H and O–H groups in total. The van der Waals surface area contributed by atoms with Crippen LogP contribution in [0.2, 0.25) is 0 Å². The summed E-state index contributed by atoms with van der Waals surface area (Å²) in [4.78, 5) is 4.00. The van der Waals surface area contributed by atoms with Gasteiger partial charge in [-0.1, -0.05) is 18.2 Å². The summed E-state index contributed by atoms with van der Waals surface area (Å²) in [5, 5.41) is 0. The molecule has 1 aromatic carbocycles. The van der Waals surface area contributed by atoms with Gasteiger partial charge in [0.05, 0.1) is 19.3 Å². The average molecular weight is 232 g/mol. The fourth-order valence-corrected chi connectivity index (χ4v) is 1.62. The number of rotatable bonds is 3. The van der Waals surface area contributed by atoms with Crippen molar-refractivity contribution in [3.8, 4) is 5.75 Å². The number of hydrogen-bond donors (Lipinski definition) is 1.